The minimum atomic E-state index is -0.794. The fraction of sp³-hybridized carbons (Fsp3) is 0.867. The molecular weight excluding hydrogens is 270 g/mol. The Morgan fingerprint density at radius 1 is 1.19 bits per heavy atom. The molecule has 1 N–H and O–H groups in total. The summed E-state index contributed by atoms with van der Waals surface area (Å²) in [6, 6.07) is 0.602. The summed E-state index contributed by atoms with van der Waals surface area (Å²) in [5.41, 5.74) is 0. The van der Waals surface area contributed by atoms with E-state index >= 15 is 0 Å². The third-order valence-corrected chi connectivity index (χ3v) is 4.20. The zero-order chi connectivity index (χ0) is 15.2. The minimum Gasteiger partial charge on any atom is -0.480 e. The number of carboxylic acids is 1. The largest absolute Gasteiger partial charge is 0.480 e. The molecule has 2 amide bonds. The number of carbonyl (C=O) groups is 2. The van der Waals surface area contributed by atoms with Crippen LogP contribution >= 0.6 is 0 Å². The molecule has 2 fully saturated rings. The zero-order valence-electron chi connectivity index (χ0n) is 13.0. The van der Waals surface area contributed by atoms with Crippen molar-refractivity contribution < 1.29 is 14.7 Å². The number of hydrogen-bond donors (Lipinski definition) is 1. The average molecular weight is 297 g/mol. The number of urea groups is 1. The molecule has 1 aliphatic carbocycles. The molecule has 0 unspecified atom stereocenters. The van der Waals surface area contributed by atoms with Gasteiger partial charge >= 0.3 is 12.0 Å². The van der Waals surface area contributed by atoms with Gasteiger partial charge in [0.05, 0.1) is 6.54 Å². The van der Waals surface area contributed by atoms with Crippen LogP contribution in [0.5, 0.6) is 0 Å². The van der Waals surface area contributed by atoms with E-state index in [1.807, 2.05) is 14.7 Å². The van der Waals surface area contributed by atoms with Crippen LogP contribution in [0.2, 0.25) is 0 Å². The van der Waals surface area contributed by atoms with E-state index in [0.717, 1.165) is 51.7 Å². The van der Waals surface area contributed by atoms with Crippen molar-refractivity contribution in [1.82, 2.24) is 14.7 Å². The van der Waals surface area contributed by atoms with Gasteiger partial charge in [-0.25, -0.2) is 4.79 Å². The summed E-state index contributed by atoms with van der Waals surface area (Å²) in [6.45, 7) is 5.87. The average Bonchev–Trinajstić information content (AvgIpc) is 3.26. The molecule has 1 heterocycles. The van der Waals surface area contributed by atoms with E-state index in [0.29, 0.717) is 19.1 Å². The van der Waals surface area contributed by atoms with E-state index in [4.69, 9.17) is 5.11 Å². The van der Waals surface area contributed by atoms with Gasteiger partial charge in [-0.1, -0.05) is 13.3 Å². The van der Waals surface area contributed by atoms with E-state index in [-0.39, 0.29) is 12.6 Å². The van der Waals surface area contributed by atoms with E-state index in [1.165, 1.54) is 0 Å². The summed E-state index contributed by atoms with van der Waals surface area (Å²) >= 11 is 0. The molecule has 1 saturated heterocycles. The fourth-order valence-electron chi connectivity index (χ4n) is 2.84. The number of carbonyl (C=O) groups excluding carboxylic acids is 1. The van der Waals surface area contributed by atoms with E-state index in [2.05, 4.69) is 6.92 Å². The second kappa shape index (κ2) is 7.64. The lowest BCUT2D eigenvalue weighted by molar-refractivity contribution is -0.138. The van der Waals surface area contributed by atoms with E-state index in [9.17, 15) is 9.59 Å². The molecule has 0 aromatic carbocycles. The molecule has 0 spiro atoms. The summed E-state index contributed by atoms with van der Waals surface area (Å²) in [6.07, 6.45) is 5.28. The first kappa shape index (κ1) is 16.1. The molecule has 6 heteroatoms. The minimum absolute atomic E-state index is 0.0736. The van der Waals surface area contributed by atoms with Gasteiger partial charge < -0.3 is 14.9 Å². The van der Waals surface area contributed by atoms with Crippen molar-refractivity contribution in [2.45, 2.75) is 45.1 Å². The molecule has 21 heavy (non-hydrogen) atoms. The SMILES string of the molecule is CCCCN(C(=O)N1CCCN(CC(=O)O)CC1)C1CC1. The Bertz CT molecular complexity index is 371. The highest BCUT2D eigenvalue weighted by Crippen LogP contribution is 2.28. The Morgan fingerprint density at radius 3 is 2.57 bits per heavy atom. The smallest absolute Gasteiger partial charge is 0.320 e. The second-order valence-corrected chi connectivity index (χ2v) is 6.07. The third kappa shape index (κ3) is 4.88. The first-order valence-corrected chi connectivity index (χ1v) is 8.11. The van der Waals surface area contributed by atoms with Gasteiger partial charge in [-0.05, 0) is 25.7 Å². The van der Waals surface area contributed by atoms with Crippen molar-refractivity contribution >= 4 is 12.0 Å². The molecule has 120 valence electrons. The van der Waals surface area contributed by atoms with Crippen LogP contribution in [0.1, 0.15) is 39.0 Å². The Labute approximate surface area is 126 Å². The van der Waals surface area contributed by atoms with Crippen molar-refractivity contribution in [3.8, 4) is 0 Å². The van der Waals surface area contributed by atoms with Crippen molar-refractivity contribution in [2.24, 2.45) is 0 Å². The number of unbranched alkanes of at least 4 members (excludes halogenated alkanes) is 1. The maximum absolute atomic E-state index is 12.7. The third-order valence-electron chi connectivity index (χ3n) is 4.20. The highest BCUT2D eigenvalue weighted by molar-refractivity contribution is 5.75. The Hall–Kier alpha value is -1.30. The maximum atomic E-state index is 12.7. The number of hydrogen-bond acceptors (Lipinski definition) is 3. The number of carboxylic acid groups (broad SMARTS) is 1. The van der Waals surface area contributed by atoms with Gasteiger partial charge in [0.1, 0.15) is 0 Å². The van der Waals surface area contributed by atoms with Crippen molar-refractivity contribution in [3.05, 3.63) is 0 Å². The number of nitrogens with zero attached hydrogens (tertiary/aromatic N) is 3. The monoisotopic (exact) mass is 297 g/mol. The summed E-state index contributed by atoms with van der Waals surface area (Å²) in [5.74, 6) is -0.794. The molecule has 0 aromatic rings. The van der Waals surface area contributed by atoms with Crippen LogP contribution in [-0.4, -0.2) is 77.1 Å². The summed E-state index contributed by atoms with van der Waals surface area (Å²) in [5, 5.41) is 8.87. The van der Waals surface area contributed by atoms with Crippen LogP contribution in [0, 0.1) is 0 Å². The lowest BCUT2D eigenvalue weighted by Crippen LogP contribution is -2.46. The fourth-order valence-corrected chi connectivity index (χ4v) is 2.84. The molecule has 0 aromatic heterocycles. The number of amides is 2. The zero-order valence-corrected chi connectivity index (χ0v) is 13.0. The maximum Gasteiger partial charge on any atom is 0.320 e. The number of rotatable bonds is 6. The molecule has 0 bridgehead atoms. The van der Waals surface area contributed by atoms with Gasteiger partial charge in [0.15, 0.2) is 0 Å². The summed E-state index contributed by atoms with van der Waals surface area (Å²) in [4.78, 5) is 29.3. The summed E-state index contributed by atoms with van der Waals surface area (Å²) < 4.78 is 0. The van der Waals surface area contributed by atoms with Gasteiger partial charge in [-0.2, -0.15) is 0 Å². The molecule has 0 radical (unpaired) electrons. The standard InChI is InChI=1S/C15H27N3O3/c1-2-3-9-18(13-5-6-13)15(21)17-8-4-7-16(10-11-17)12-14(19)20/h13H,2-12H2,1H3,(H,19,20). The normalized spacial score (nSPS) is 20.1. The lowest BCUT2D eigenvalue weighted by atomic mass is 10.3. The van der Waals surface area contributed by atoms with Gasteiger partial charge in [-0.3, -0.25) is 9.69 Å². The van der Waals surface area contributed by atoms with Crippen LogP contribution in [0.4, 0.5) is 4.79 Å². The van der Waals surface area contributed by atoms with E-state index in [1.54, 1.807) is 0 Å². The van der Waals surface area contributed by atoms with Crippen molar-refractivity contribution in [2.75, 3.05) is 39.3 Å². The molecule has 1 saturated carbocycles. The van der Waals surface area contributed by atoms with Gasteiger partial charge in [0, 0.05) is 38.8 Å². The van der Waals surface area contributed by atoms with Gasteiger partial charge in [0.2, 0.25) is 0 Å². The second-order valence-electron chi connectivity index (χ2n) is 6.07. The molecule has 6 nitrogen and oxygen atoms in total. The predicted molar refractivity (Wildman–Crippen MR) is 80.3 cm³/mol. The van der Waals surface area contributed by atoms with Crippen LogP contribution in [0.25, 0.3) is 0 Å². The van der Waals surface area contributed by atoms with Gasteiger partial charge in [0.25, 0.3) is 0 Å². The summed E-state index contributed by atoms with van der Waals surface area (Å²) in [7, 11) is 0. The van der Waals surface area contributed by atoms with Gasteiger partial charge in [-0.15, -0.1) is 0 Å². The topological polar surface area (TPSA) is 64.1 Å². The van der Waals surface area contributed by atoms with E-state index < -0.39 is 5.97 Å². The van der Waals surface area contributed by atoms with Crippen LogP contribution < -0.4 is 0 Å². The molecule has 2 rings (SSSR count). The lowest BCUT2D eigenvalue weighted by Gasteiger charge is -2.30. The highest BCUT2D eigenvalue weighted by Gasteiger charge is 2.34. The van der Waals surface area contributed by atoms with Crippen LogP contribution in [0.15, 0.2) is 0 Å². The van der Waals surface area contributed by atoms with Crippen LogP contribution in [0.3, 0.4) is 0 Å². The molecule has 2 aliphatic rings. The Morgan fingerprint density at radius 2 is 1.95 bits per heavy atom. The first-order chi connectivity index (χ1) is 10.1. The highest BCUT2D eigenvalue weighted by atomic mass is 16.4. The molecule has 1 aliphatic heterocycles. The number of aliphatic carboxylic acids is 1. The van der Waals surface area contributed by atoms with Crippen molar-refractivity contribution in [1.29, 1.82) is 0 Å². The first-order valence-electron chi connectivity index (χ1n) is 8.11. The Kier molecular flexibility index (Phi) is 5.85. The van der Waals surface area contributed by atoms with Crippen LogP contribution in [-0.2, 0) is 4.79 Å². The molecular formula is C15H27N3O3. The Balaban J connectivity index is 1.87. The quantitative estimate of drug-likeness (QED) is 0.806. The molecule has 0 atom stereocenters. The predicted octanol–water partition coefficient (Wildman–Crippen LogP) is 1.46. The van der Waals surface area contributed by atoms with Crippen molar-refractivity contribution in [3.63, 3.8) is 0 Å².